The summed E-state index contributed by atoms with van der Waals surface area (Å²) < 4.78 is 0.986. The lowest BCUT2D eigenvalue weighted by molar-refractivity contribution is 0.219. The first-order valence-electron chi connectivity index (χ1n) is 5.59. The predicted molar refractivity (Wildman–Crippen MR) is 74.1 cm³/mol. The molecule has 17 heavy (non-hydrogen) atoms. The summed E-state index contributed by atoms with van der Waals surface area (Å²) in [6.07, 6.45) is -0.563. The monoisotopic (exact) mass is 290 g/mol. The molecule has 2 aromatic rings. The van der Waals surface area contributed by atoms with E-state index in [1.54, 1.807) is 0 Å². The van der Waals surface area contributed by atoms with Crippen LogP contribution in [0.5, 0.6) is 0 Å². The summed E-state index contributed by atoms with van der Waals surface area (Å²) in [5.74, 6) is 0. The largest absolute Gasteiger partial charge is 0.384 e. The third kappa shape index (κ3) is 2.59. The van der Waals surface area contributed by atoms with E-state index in [2.05, 4.69) is 28.9 Å². The van der Waals surface area contributed by atoms with Gasteiger partial charge in [-0.2, -0.15) is 0 Å². The van der Waals surface area contributed by atoms with Crippen molar-refractivity contribution < 1.29 is 5.11 Å². The number of benzene rings is 2. The average molecular weight is 291 g/mol. The van der Waals surface area contributed by atoms with E-state index < -0.39 is 6.10 Å². The zero-order valence-corrected chi connectivity index (χ0v) is 11.5. The normalized spacial score (nSPS) is 12.5. The molecule has 0 amide bonds. The third-order valence-electron chi connectivity index (χ3n) is 3.11. The van der Waals surface area contributed by atoms with Crippen molar-refractivity contribution in [3.8, 4) is 0 Å². The van der Waals surface area contributed by atoms with Crippen LogP contribution in [0.3, 0.4) is 0 Å². The van der Waals surface area contributed by atoms with E-state index in [-0.39, 0.29) is 0 Å². The van der Waals surface area contributed by atoms with Crippen LogP contribution in [0.2, 0.25) is 0 Å². The summed E-state index contributed by atoms with van der Waals surface area (Å²) in [6, 6.07) is 13.8. The Labute approximate surface area is 110 Å². The first kappa shape index (κ1) is 12.3. The Morgan fingerprint density at radius 3 is 2.47 bits per heavy atom. The van der Waals surface area contributed by atoms with E-state index in [0.29, 0.717) is 0 Å². The highest BCUT2D eigenvalue weighted by molar-refractivity contribution is 9.10. The van der Waals surface area contributed by atoms with E-state index in [4.69, 9.17) is 0 Å². The topological polar surface area (TPSA) is 20.2 Å². The first-order chi connectivity index (χ1) is 8.09. The summed E-state index contributed by atoms with van der Waals surface area (Å²) in [7, 11) is 0. The summed E-state index contributed by atoms with van der Waals surface area (Å²) in [5, 5.41) is 10.4. The molecular formula is C15H15BrO. The molecule has 2 aromatic carbocycles. The fraction of sp³-hybridized carbons (Fsp3) is 0.200. The molecule has 0 aromatic heterocycles. The van der Waals surface area contributed by atoms with Crippen LogP contribution in [0.1, 0.15) is 28.4 Å². The van der Waals surface area contributed by atoms with E-state index in [1.165, 1.54) is 5.56 Å². The molecule has 2 rings (SSSR count). The predicted octanol–water partition coefficient (Wildman–Crippen LogP) is 4.15. The highest BCUT2D eigenvalue weighted by Crippen LogP contribution is 2.27. The summed E-state index contributed by atoms with van der Waals surface area (Å²) in [5.41, 5.74) is 4.24. The van der Waals surface area contributed by atoms with E-state index in [9.17, 15) is 5.11 Å². The van der Waals surface area contributed by atoms with Crippen LogP contribution < -0.4 is 0 Å². The van der Waals surface area contributed by atoms with Gasteiger partial charge in [-0.15, -0.1) is 0 Å². The maximum absolute atomic E-state index is 10.4. The van der Waals surface area contributed by atoms with Crippen molar-refractivity contribution in [3.05, 3.63) is 69.2 Å². The molecule has 1 atom stereocenters. The minimum Gasteiger partial charge on any atom is -0.384 e. The summed E-state index contributed by atoms with van der Waals surface area (Å²) in [6.45, 7) is 4.11. The van der Waals surface area contributed by atoms with Crippen LogP contribution in [0.15, 0.2) is 46.9 Å². The van der Waals surface area contributed by atoms with Crippen molar-refractivity contribution >= 4 is 15.9 Å². The molecule has 1 nitrogen and oxygen atoms in total. The highest BCUT2D eigenvalue weighted by atomic mass is 79.9. The minimum absolute atomic E-state index is 0.563. The lowest BCUT2D eigenvalue weighted by Crippen LogP contribution is -2.02. The molecule has 0 fully saturated rings. The standard InChI is InChI=1S/C15H15BrO/c1-10-5-3-8-14(11(10)2)15(17)12-6-4-7-13(16)9-12/h3-9,15,17H,1-2H3. The van der Waals surface area contributed by atoms with Crippen molar-refractivity contribution in [2.45, 2.75) is 20.0 Å². The Kier molecular flexibility index (Phi) is 3.65. The third-order valence-corrected chi connectivity index (χ3v) is 3.60. The molecule has 0 heterocycles. The van der Waals surface area contributed by atoms with Crippen molar-refractivity contribution in [2.24, 2.45) is 0 Å². The Morgan fingerprint density at radius 2 is 1.76 bits per heavy atom. The van der Waals surface area contributed by atoms with Gasteiger partial charge in [0.1, 0.15) is 6.10 Å². The van der Waals surface area contributed by atoms with Crippen molar-refractivity contribution in [3.63, 3.8) is 0 Å². The second kappa shape index (κ2) is 5.03. The molecule has 0 aliphatic rings. The van der Waals surface area contributed by atoms with Crippen molar-refractivity contribution in [1.82, 2.24) is 0 Å². The van der Waals surface area contributed by atoms with Gasteiger partial charge < -0.3 is 5.11 Å². The number of hydrogen-bond acceptors (Lipinski definition) is 1. The molecule has 1 N–H and O–H groups in total. The highest BCUT2D eigenvalue weighted by Gasteiger charge is 2.13. The van der Waals surface area contributed by atoms with Gasteiger partial charge in [0.05, 0.1) is 0 Å². The van der Waals surface area contributed by atoms with E-state index in [0.717, 1.165) is 21.2 Å². The van der Waals surface area contributed by atoms with Crippen LogP contribution in [0.4, 0.5) is 0 Å². The van der Waals surface area contributed by atoms with Gasteiger partial charge in [-0.05, 0) is 48.2 Å². The van der Waals surface area contributed by atoms with Crippen LogP contribution in [0, 0.1) is 13.8 Å². The van der Waals surface area contributed by atoms with Gasteiger partial charge in [-0.1, -0.05) is 46.3 Å². The maximum Gasteiger partial charge on any atom is 0.104 e. The lowest BCUT2D eigenvalue weighted by atomic mass is 9.95. The molecule has 2 heteroatoms. The fourth-order valence-electron chi connectivity index (χ4n) is 1.93. The molecule has 0 saturated carbocycles. The second-order valence-corrected chi connectivity index (χ2v) is 5.16. The first-order valence-corrected chi connectivity index (χ1v) is 6.38. The Hall–Kier alpha value is -1.12. The minimum atomic E-state index is -0.563. The quantitative estimate of drug-likeness (QED) is 0.881. The number of rotatable bonds is 2. The van der Waals surface area contributed by atoms with Crippen LogP contribution in [0.25, 0.3) is 0 Å². The van der Waals surface area contributed by atoms with Crippen molar-refractivity contribution in [1.29, 1.82) is 0 Å². The van der Waals surface area contributed by atoms with Crippen LogP contribution >= 0.6 is 15.9 Å². The molecule has 0 aliphatic heterocycles. The molecule has 0 aliphatic carbocycles. The van der Waals surface area contributed by atoms with E-state index in [1.807, 2.05) is 43.3 Å². The molecule has 0 radical (unpaired) electrons. The second-order valence-electron chi connectivity index (χ2n) is 4.25. The fourth-order valence-corrected chi connectivity index (χ4v) is 2.34. The Morgan fingerprint density at radius 1 is 1.06 bits per heavy atom. The zero-order chi connectivity index (χ0) is 12.4. The number of hydrogen-bond donors (Lipinski definition) is 1. The van der Waals surface area contributed by atoms with Gasteiger partial charge in [0.25, 0.3) is 0 Å². The van der Waals surface area contributed by atoms with E-state index >= 15 is 0 Å². The van der Waals surface area contributed by atoms with Crippen LogP contribution in [-0.4, -0.2) is 5.11 Å². The van der Waals surface area contributed by atoms with Gasteiger partial charge >= 0.3 is 0 Å². The van der Waals surface area contributed by atoms with Gasteiger partial charge in [0.2, 0.25) is 0 Å². The van der Waals surface area contributed by atoms with Gasteiger partial charge in [-0.25, -0.2) is 0 Å². The number of aryl methyl sites for hydroxylation is 1. The number of aliphatic hydroxyl groups excluding tert-OH is 1. The molecule has 0 spiro atoms. The molecule has 0 bridgehead atoms. The summed E-state index contributed by atoms with van der Waals surface area (Å²) >= 11 is 3.42. The smallest absolute Gasteiger partial charge is 0.104 e. The maximum atomic E-state index is 10.4. The average Bonchev–Trinajstić information content (AvgIpc) is 2.32. The van der Waals surface area contributed by atoms with Crippen molar-refractivity contribution in [2.75, 3.05) is 0 Å². The van der Waals surface area contributed by atoms with Gasteiger partial charge in [0.15, 0.2) is 0 Å². The number of halogens is 1. The number of aliphatic hydroxyl groups is 1. The van der Waals surface area contributed by atoms with Crippen LogP contribution in [-0.2, 0) is 0 Å². The molecule has 0 saturated heterocycles. The Balaban J connectivity index is 2.44. The zero-order valence-electron chi connectivity index (χ0n) is 9.94. The SMILES string of the molecule is Cc1cccc(C(O)c2cccc(Br)c2)c1C. The lowest BCUT2D eigenvalue weighted by Gasteiger charge is -2.15. The molecule has 1 unspecified atom stereocenters. The summed E-state index contributed by atoms with van der Waals surface area (Å²) in [4.78, 5) is 0. The molecular weight excluding hydrogens is 276 g/mol. The van der Waals surface area contributed by atoms with Gasteiger partial charge in [-0.3, -0.25) is 0 Å². The Bertz CT molecular complexity index is 534. The van der Waals surface area contributed by atoms with Gasteiger partial charge in [0, 0.05) is 4.47 Å². The molecule has 88 valence electrons.